The summed E-state index contributed by atoms with van der Waals surface area (Å²) in [4.78, 5) is 13.4. The number of hydrogen-bond acceptors (Lipinski definition) is 4. The van der Waals surface area contributed by atoms with Gasteiger partial charge in [-0.1, -0.05) is 89.6 Å². The van der Waals surface area contributed by atoms with Gasteiger partial charge in [-0.2, -0.15) is 0 Å². The van der Waals surface area contributed by atoms with E-state index in [0.29, 0.717) is 28.7 Å². The lowest BCUT2D eigenvalue weighted by Gasteiger charge is -2.20. The Morgan fingerprint density at radius 1 is 0.821 bits per heavy atom. The number of benzene rings is 4. The molecule has 0 aliphatic heterocycles. The zero-order valence-corrected chi connectivity index (χ0v) is 22.7. The van der Waals surface area contributed by atoms with Crippen LogP contribution in [0.5, 0.6) is 0 Å². The maximum atomic E-state index is 13.4. The molecule has 1 unspecified atom stereocenters. The molecule has 1 amide bonds. The zero-order valence-electron chi connectivity index (χ0n) is 21.8. The first kappa shape index (κ1) is 26.4. The van der Waals surface area contributed by atoms with Gasteiger partial charge in [-0.15, -0.1) is 10.2 Å². The largest absolute Gasteiger partial charge is 0.342 e. The SMILES string of the molecule is Cc1ccc(C(=O)NC(Cc2ccccc2)c2nnc(SCc3ccc(F)cc3)n2-c2ccc(C)cc2)cc1. The zero-order chi connectivity index (χ0) is 27.2. The van der Waals surface area contributed by atoms with Crippen molar-refractivity contribution in [3.8, 4) is 5.69 Å². The number of halogens is 1. The molecule has 1 aromatic heterocycles. The van der Waals surface area contributed by atoms with Crippen molar-refractivity contribution in [2.24, 2.45) is 0 Å². The van der Waals surface area contributed by atoms with Gasteiger partial charge in [0.05, 0.1) is 6.04 Å². The van der Waals surface area contributed by atoms with Crippen LogP contribution in [0.25, 0.3) is 5.69 Å². The predicted molar refractivity (Wildman–Crippen MR) is 154 cm³/mol. The van der Waals surface area contributed by atoms with E-state index in [-0.39, 0.29) is 11.7 Å². The summed E-state index contributed by atoms with van der Waals surface area (Å²) in [5.74, 6) is 0.810. The second kappa shape index (κ2) is 12.1. The Balaban J connectivity index is 1.53. The summed E-state index contributed by atoms with van der Waals surface area (Å²) < 4.78 is 15.4. The summed E-state index contributed by atoms with van der Waals surface area (Å²) in [6.45, 7) is 4.04. The van der Waals surface area contributed by atoms with Gasteiger partial charge in [0, 0.05) is 17.0 Å². The maximum Gasteiger partial charge on any atom is 0.251 e. The Morgan fingerprint density at radius 2 is 1.46 bits per heavy atom. The van der Waals surface area contributed by atoms with Crippen molar-refractivity contribution in [2.75, 3.05) is 0 Å². The molecule has 196 valence electrons. The van der Waals surface area contributed by atoms with E-state index in [0.717, 1.165) is 27.9 Å². The minimum Gasteiger partial charge on any atom is -0.342 e. The molecule has 0 saturated heterocycles. The molecule has 0 spiro atoms. The van der Waals surface area contributed by atoms with Gasteiger partial charge >= 0.3 is 0 Å². The topological polar surface area (TPSA) is 59.8 Å². The van der Waals surface area contributed by atoms with Gasteiger partial charge in [0.25, 0.3) is 5.91 Å². The van der Waals surface area contributed by atoms with Crippen LogP contribution in [0.1, 0.15) is 44.5 Å². The Kier molecular flexibility index (Phi) is 8.18. The fraction of sp³-hybridized carbons (Fsp3) is 0.156. The normalized spacial score (nSPS) is 11.8. The van der Waals surface area contributed by atoms with E-state index in [1.165, 1.54) is 23.9 Å². The van der Waals surface area contributed by atoms with Gasteiger partial charge in [0.2, 0.25) is 0 Å². The van der Waals surface area contributed by atoms with Crippen molar-refractivity contribution in [2.45, 2.75) is 37.2 Å². The average Bonchev–Trinajstić information content (AvgIpc) is 3.37. The lowest BCUT2D eigenvalue weighted by atomic mass is 10.0. The highest BCUT2D eigenvalue weighted by atomic mass is 32.2. The van der Waals surface area contributed by atoms with Gasteiger partial charge < -0.3 is 5.32 Å². The quantitative estimate of drug-likeness (QED) is 0.206. The fourth-order valence-corrected chi connectivity index (χ4v) is 5.18. The second-order valence-electron chi connectivity index (χ2n) is 9.51. The van der Waals surface area contributed by atoms with E-state index in [4.69, 9.17) is 0 Å². The minimum absolute atomic E-state index is 0.171. The molecule has 5 aromatic rings. The van der Waals surface area contributed by atoms with E-state index in [9.17, 15) is 9.18 Å². The molecule has 0 bridgehead atoms. The number of carbonyl (C=O) groups excluding carboxylic acids is 1. The van der Waals surface area contributed by atoms with Crippen LogP contribution in [0, 0.1) is 19.7 Å². The van der Waals surface area contributed by atoms with E-state index in [1.54, 1.807) is 12.1 Å². The highest BCUT2D eigenvalue weighted by Gasteiger charge is 2.25. The predicted octanol–water partition coefficient (Wildman–Crippen LogP) is 7.03. The molecule has 5 rings (SSSR count). The second-order valence-corrected chi connectivity index (χ2v) is 10.5. The van der Waals surface area contributed by atoms with Crippen LogP contribution in [0.3, 0.4) is 0 Å². The molecule has 1 N–H and O–H groups in total. The first-order chi connectivity index (χ1) is 19.0. The van der Waals surface area contributed by atoms with Crippen molar-refractivity contribution >= 4 is 17.7 Å². The molecule has 5 nitrogen and oxygen atoms in total. The van der Waals surface area contributed by atoms with Crippen LogP contribution >= 0.6 is 11.8 Å². The summed E-state index contributed by atoms with van der Waals surface area (Å²) in [6, 6.07) is 31.8. The van der Waals surface area contributed by atoms with E-state index in [2.05, 4.69) is 15.5 Å². The number of hydrogen-bond donors (Lipinski definition) is 1. The summed E-state index contributed by atoms with van der Waals surface area (Å²) in [7, 11) is 0. The molecule has 0 radical (unpaired) electrons. The number of aromatic nitrogens is 3. The number of rotatable bonds is 9. The number of thioether (sulfide) groups is 1. The van der Waals surface area contributed by atoms with Crippen molar-refractivity contribution in [3.63, 3.8) is 0 Å². The number of nitrogens with one attached hydrogen (secondary N) is 1. The molecule has 0 aliphatic carbocycles. The fourth-order valence-electron chi connectivity index (χ4n) is 4.27. The summed E-state index contributed by atoms with van der Waals surface area (Å²) in [5.41, 5.74) is 5.79. The van der Waals surface area contributed by atoms with Gasteiger partial charge in [0.1, 0.15) is 5.82 Å². The Bertz CT molecular complexity index is 1530. The van der Waals surface area contributed by atoms with Gasteiger partial charge in [-0.05, 0) is 67.8 Å². The maximum absolute atomic E-state index is 13.4. The van der Waals surface area contributed by atoms with Crippen LogP contribution in [0.2, 0.25) is 0 Å². The monoisotopic (exact) mass is 536 g/mol. The standard InChI is InChI=1S/C32H29FN4OS/c1-22-8-14-26(15-9-22)31(38)34-29(20-24-6-4-3-5-7-24)30-35-36-32(37(30)28-18-10-23(2)11-19-28)39-21-25-12-16-27(33)17-13-25/h3-19,29H,20-21H2,1-2H3,(H,34,38). The Labute approximate surface area is 232 Å². The van der Waals surface area contributed by atoms with Crippen molar-refractivity contribution < 1.29 is 9.18 Å². The van der Waals surface area contributed by atoms with E-state index in [1.807, 2.05) is 97.3 Å². The van der Waals surface area contributed by atoms with Crippen molar-refractivity contribution in [1.29, 1.82) is 0 Å². The number of nitrogens with zero attached hydrogens (tertiary/aromatic N) is 3. The molecule has 7 heteroatoms. The first-order valence-corrected chi connectivity index (χ1v) is 13.8. The van der Waals surface area contributed by atoms with Crippen LogP contribution in [-0.2, 0) is 12.2 Å². The molecule has 0 fully saturated rings. The smallest absolute Gasteiger partial charge is 0.251 e. The lowest BCUT2D eigenvalue weighted by molar-refractivity contribution is 0.0934. The Hall–Kier alpha value is -4.23. The van der Waals surface area contributed by atoms with Crippen LogP contribution < -0.4 is 5.32 Å². The molecule has 0 aliphatic rings. The lowest BCUT2D eigenvalue weighted by Crippen LogP contribution is -2.32. The van der Waals surface area contributed by atoms with Crippen molar-refractivity contribution in [1.82, 2.24) is 20.1 Å². The highest BCUT2D eigenvalue weighted by molar-refractivity contribution is 7.98. The molecule has 4 aromatic carbocycles. The summed E-state index contributed by atoms with van der Waals surface area (Å²) in [6.07, 6.45) is 0.547. The molecule has 1 atom stereocenters. The first-order valence-electron chi connectivity index (χ1n) is 12.8. The Morgan fingerprint density at radius 3 is 2.13 bits per heavy atom. The van der Waals surface area contributed by atoms with Crippen LogP contribution in [-0.4, -0.2) is 20.7 Å². The summed E-state index contributed by atoms with van der Waals surface area (Å²) >= 11 is 1.52. The number of amides is 1. The minimum atomic E-state index is -0.435. The van der Waals surface area contributed by atoms with E-state index >= 15 is 0 Å². The third kappa shape index (κ3) is 6.62. The number of aryl methyl sites for hydroxylation is 2. The molecule has 39 heavy (non-hydrogen) atoms. The molecular weight excluding hydrogens is 507 g/mol. The van der Waals surface area contributed by atoms with Gasteiger partial charge in [0.15, 0.2) is 11.0 Å². The molecular formula is C32H29FN4OS. The van der Waals surface area contributed by atoms with Gasteiger partial charge in [-0.3, -0.25) is 9.36 Å². The molecule has 1 heterocycles. The van der Waals surface area contributed by atoms with Crippen LogP contribution in [0.15, 0.2) is 108 Å². The third-order valence-corrected chi connectivity index (χ3v) is 7.45. The third-order valence-electron chi connectivity index (χ3n) is 6.45. The van der Waals surface area contributed by atoms with E-state index < -0.39 is 6.04 Å². The van der Waals surface area contributed by atoms with Crippen molar-refractivity contribution in [3.05, 3.63) is 143 Å². The van der Waals surface area contributed by atoms with Gasteiger partial charge in [-0.25, -0.2) is 4.39 Å². The van der Waals surface area contributed by atoms with Crippen LogP contribution in [0.4, 0.5) is 4.39 Å². The highest BCUT2D eigenvalue weighted by Crippen LogP contribution is 2.29. The average molecular weight is 537 g/mol. The summed E-state index contributed by atoms with van der Waals surface area (Å²) in [5, 5.41) is 13.1. The molecule has 0 saturated carbocycles. The number of carbonyl (C=O) groups is 1.